The molecule has 1 aromatic rings. The van der Waals surface area contributed by atoms with Gasteiger partial charge in [-0.25, -0.2) is 0 Å². The summed E-state index contributed by atoms with van der Waals surface area (Å²) in [5, 5.41) is 0. The zero-order chi connectivity index (χ0) is 11.3. The van der Waals surface area contributed by atoms with Crippen molar-refractivity contribution in [2.24, 2.45) is 0 Å². The van der Waals surface area contributed by atoms with Crippen LogP contribution in [0.4, 0.5) is 0 Å². The van der Waals surface area contributed by atoms with Crippen molar-refractivity contribution in [2.75, 3.05) is 21.1 Å². The van der Waals surface area contributed by atoms with Gasteiger partial charge in [-0.05, 0) is 5.56 Å². The third kappa shape index (κ3) is 5.30. The summed E-state index contributed by atoms with van der Waals surface area (Å²) in [6.45, 7) is 1.07. The lowest BCUT2D eigenvalue weighted by atomic mass is 10.1. The van der Waals surface area contributed by atoms with E-state index in [9.17, 15) is 0 Å². The number of hydrogen-bond donors (Lipinski definition) is 0. The summed E-state index contributed by atoms with van der Waals surface area (Å²) < 4.78 is 2.69. The minimum absolute atomic E-state index is 0.966. The molecular formula is C12H18NS2+. The topological polar surface area (TPSA) is 0 Å². The maximum Gasteiger partial charge on any atom is 0.104 e. The van der Waals surface area contributed by atoms with E-state index in [1.165, 1.54) is 11.1 Å². The second-order valence-corrected chi connectivity index (χ2v) is 6.06. The van der Waals surface area contributed by atoms with Crippen molar-refractivity contribution in [3.63, 3.8) is 0 Å². The van der Waals surface area contributed by atoms with Gasteiger partial charge < -0.3 is 4.48 Å². The van der Waals surface area contributed by atoms with Gasteiger partial charge in [-0.3, -0.25) is 0 Å². The van der Waals surface area contributed by atoms with Crippen LogP contribution >= 0.6 is 24.0 Å². The first-order valence-electron chi connectivity index (χ1n) is 4.95. The van der Waals surface area contributed by atoms with Crippen LogP contribution in [-0.2, 0) is 12.3 Å². The van der Waals surface area contributed by atoms with E-state index in [-0.39, 0.29) is 0 Å². The van der Waals surface area contributed by atoms with Gasteiger partial charge in [0.15, 0.2) is 0 Å². The molecule has 0 amide bonds. The molecular weight excluding hydrogens is 222 g/mol. The predicted octanol–water partition coefficient (Wildman–Crippen LogP) is 3.08. The predicted molar refractivity (Wildman–Crippen MR) is 73.1 cm³/mol. The van der Waals surface area contributed by atoms with E-state index in [4.69, 9.17) is 12.2 Å². The Kier molecular flexibility index (Phi) is 4.77. The van der Waals surface area contributed by atoms with Crippen molar-refractivity contribution in [1.29, 1.82) is 0 Å². The Balaban J connectivity index is 2.60. The molecule has 0 aliphatic carbocycles. The van der Waals surface area contributed by atoms with Gasteiger partial charge in [0.2, 0.25) is 0 Å². The largest absolute Gasteiger partial charge is 0.327 e. The Morgan fingerprint density at radius 2 is 1.67 bits per heavy atom. The second kappa shape index (κ2) is 5.64. The molecule has 0 saturated carbocycles. The van der Waals surface area contributed by atoms with Gasteiger partial charge in [0, 0.05) is 16.0 Å². The Morgan fingerprint density at radius 1 is 1.13 bits per heavy atom. The van der Waals surface area contributed by atoms with Crippen LogP contribution in [-0.4, -0.2) is 30.3 Å². The fraction of sp³-hybridized carbons (Fsp3) is 0.417. The van der Waals surface area contributed by atoms with Crippen LogP contribution in [0.1, 0.15) is 11.1 Å². The van der Waals surface area contributed by atoms with Crippen LogP contribution in [0.3, 0.4) is 0 Å². The average molecular weight is 240 g/mol. The van der Waals surface area contributed by atoms with Crippen molar-refractivity contribution in [3.8, 4) is 0 Å². The third-order valence-corrected chi connectivity index (χ3v) is 3.04. The van der Waals surface area contributed by atoms with Gasteiger partial charge in [-0.2, -0.15) is 0 Å². The van der Waals surface area contributed by atoms with E-state index < -0.39 is 0 Å². The van der Waals surface area contributed by atoms with Crippen LogP contribution in [0.2, 0.25) is 0 Å². The normalized spacial score (nSPS) is 11.4. The number of thiocarbonyl (C=S) groups is 1. The lowest BCUT2D eigenvalue weighted by Crippen LogP contribution is -2.33. The molecule has 0 bridgehead atoms. The molecule has 0 heterocycles. The fourth-order valence-corrected chi connectivity index (χ4v) is 2.08. The molecule has 82 valence electrons. The summed E-state index contributed by atoms with van der Waals surface area (Å²) >= 11 is 6.45. The Labute approximate surface area is 102 Å². The fourth-order valence-electron chi connectivity index (χ4n) is 1.42. The van der Waals surface area contributed by atoms with Crippen LogP contribution in [0.5, 0.6) is 0 Å². The van der Waals surface area contributed by atoms with Gasteiger partial charge in [-0.1, -0.05) is 36.5 Å². The molecule has 1 nitrogen and oxygen atoms in total. The second-order valence-electron chi connectivity index (χ2n) is 4.67. The number of hydrogen-bond acceptors (Lipinski definition) is 2. The Hall–Kier alpha value is -0.380. The summed E-state index contributed by atoms with van der Waals surface area (Å²) in [7, 11) is 6.61. The number of nitrogens with zero attached hydrogens (tertiary/aromatic N) is 1. The molecule has 0 fully saturated rings. The summed E-state index contributed by atoms with van der Waals surface area (Å²) in [5.74, 6) is 0.980. The standard InChI is InChI=1S/C12H18NS2/c1-13(2,3)8-11-4-6-12(7-5-11)9-15-10-14/h4-7,10H,8-9H2,1-3H3/q+1. The molecule has 0 aliphatic rings. The SMILES string of the molecule is C[N+](C)(C)Cc1ccc(CSC=S)cc1. The van der Waals surface area contributed by atoms with Gasteiger partial charge in [0.1, 0.15) is 6.54 Å². The highest BCUT2D eigenvalue weighted by atomic mass is 32.2. The van der Waals surface area contributed by atoms with E-state index in [0.29, 0.717) is 0 Å². The van der Waals surface area contributed by atoms with Gasteiger partial charge >= 0.3 is 0 Å². The smallest absolute Gasteiger partial charge is 0.104 e. The van der Waals surface area contributed by atoms with Crippen molar-refractivity contribution >= 4 is 28.7 Å². The molecule has 0 spiro atoms. The quantitative estimate of drug-likeness (QED) is 0.573. The van der Waals surface area contributed by atoms with E-state index in [1.54, 1.807) is 16.5 Å². The lowest BCUT2D eigenvalue weighted by Gasteiger charge is -2.23. The first-order valence-corrected chi connectivity index (χ1v) is 6.47. The van der Waals surface area contributed by atoms with Crippen LogP contribution in [0.15, 0.2) is 24.3 Å². The molecule has 0 radical (unpaired) electrons. The summed E-state index contributed by atoms with van der Waals surface area (Å²) in [6.07, 6.45) is 0. The molecule has 0 unspecified atom stereocenters. The number of rotatable bonds is 5. The molecule has 15 heavy (non-hydrogen) atoms. The Morgan fingerprint density at radius 3 is 2.13 bits per heavy atom. The number of quaternary nitrogens is 1. The van der Waals surface area contributed by atoms with Crippen molar-refractivity contribution in [2.45, 2.75) is 12.3 Å². The van der Waals surface area contributed by atoms with Gasteiger partial charge in [0.25, 0.3) is 0 Å². The molecule has 0 atom stereocenters. The average Bonchev–Trinajstić information content (AvgIpc) is 2.14. The highest BCUT2D eigenvalue weighted by Gasteiger charge is 2.07. The molecule has 0 aromatic heterocycles. The van der Waals surface area contributed by atoms with E-state index in [0.717, 1.165) is 16.8 Å². The zero-order valence-electron chi connectivity index (χ0n) is 9.56. The van der Waals surface area contributed by atoms with E-state index in [2.05, 4.69) is 45.4 Å². The lowest BCUT2D eigenvalue weighted by molar-refractivity contribution is -0.884. The van der Waals surface area contributed by atoms with Gasteiger partial charge in [0.05, 0.1) is 21.1 Å². The first-order chi connectivity index (χ1) is 7.01. The summed E-state index contributed by atoms with van der Waals surface area (Å²) in [5.41, 5.74) is 2.73. The first kappa shape index (κ1) is 12.7. The van der Waals surface area contributed by atoms with Crippen LogP contribution < -0.4 is 0 Å². The molecule has 0 saturated heterocycles. The molecule has 0 N–H and O–H groups in total. The molecule has 1 aromatic carbocycles. The number of thioether (sulfide) groups is 1. The summed E-state index contributed by atoms with van der Waals surface area (Å²) in [6, 6.07) is 8.80. The highest BCUT2D eigenvalue weighted by Crippen LogP contribution is 2.13. The third-order valence-electron chi connectivity index (χ3n) is 2.00. The maximum absolute atomic E-state index is 4.78. The van der Waals surface area contributed by atoms with Crippen LogP contribution in [0, 0.1) is 0 Å². The van der Waals surface area contributed by atoms with E-state index in [1.807, 2.05) is 0 Å². The zero-order valence-corrected chi connectivity index (χ0v) is 11.2. The number of benzene rings is 1. The highest BCUT2D eigenvalue weighted by molar-refractivity contribution is 8.20. The van der Waals surface area contributed by atoms with Gasteiger partial charge in [-0.15, -0.1) is 11.8 Å². The molecule has 0 aliphatic heterocycles. The maximum atomic E-state index is 4.78. The minimum Gasteiger partial charge on any atom is -0.327 e. The van der Waals surface area contributed by atoms with Crippen LogP contribution in [0.25, 0.3) is 0 Å². The monoisotopic (exact) mass is 240 g/mol. The van der Waals surface area contributed by atoms with E-state index >= 15 is 0 Å². The molecule has 3 heteroatoms. The Bertz CT molecular complexity index is 311. The minimum atomic E-state index is 0.966. The van der Waals surface area contributed by atoms with Crippen molar-refractivity contribution < 1.29 is 4.48 Å². The van der Waals surface area contributed by atoms with Crippen molar-refractivity contribution in [3.05, 3.63) is 35.4 Å². The van der Waals surface area contributed by atoms with Crippen molar-refractivity contribution in [1.82, 2.24) is 0 Å². The molecule has 1 rings (SSSR count). The summed E-state index contributed by atoms with van der Waals surface area (Å²) in [4.78, 5) is 0.